The van der Waals surface area contributed by atoms with E-state index >= 15 is 0 Å². The second-order valence-corrected chi connectivity index (χ2v) is 9.11. The van der Waals surface area contributed by atoms with Gasteiger partial charge in [0.25, 0.3) is 5.69 Å². The summed E-state index contributed by atoms with van der Waals surface area (Å²) < 4.78 is 37.3. The molecule has 1 aliphatic heterocycles. The van der Waals surface area contributed by atoms with Gasteiger partial charge in [0.1, 0.15) is 6.61 Å². The lowest BCUT2D eigenvalue weighted by Gasteiger charge is -2.30. The molecule has 0 spiro atoms. The van der Waals surface area contributed by atoms with Crippen molar-refractivity contribution in [2.24, 2.45) is 5.92 Å². The molecule has 1 fully saturated rings. The lowest BCUT2D eigenvalue weighted by Crippen LogP contribution is -2.41. The van der Waals surface area contributed by atoms with Gasteiger partial charge in [-0.15, -0.1) is 0 Å². The van der Waals surface area contributed by atoms with Crippen LogP contribution >= 0.6 is 0 Å². The smallest absolute Gasteiger partial charge is 0.339 e. The average molecular weight is 462 g/mol. The number of hydrogen-bond acceptors (Lipinski definition) is 8. The van der Waals surface area contributed by atoms with E-state index in [1.54, 1.807) is 12.1 Å². The molecule has 0 saturated carbocycles. The Morgan fingerprint density at radius 1 is 1.12 bits per heavy atom. The number of carbonyl (C=O) groups is 2. The Labute approximate surface area is 184 Å². The van der Waals surface area contributed by atoms with E-state index in [4.69, 9.17) is 4.74 Å². The molecule has 10 nitrogen and oxygen atoms in total. The number of benzene rings is 2. The number of sulfonamides is 1. The van der Waals surface area contributed by atoms with Gasteiger partial charge in [-0.2, -0.15) is 4.31 Å². The van der Waals surface area contributed by atoms with E-state index in [9.17, 15) is 28.1 Å². The Morgan fingerprint density at radius 3 is 2.47 bits per heavy atom. The van der Waals surface area contributed by atoms with Crippen molar-refractivity contribution in [3.05, 3.63) is 69.8 Å². The highest BCUT2D eigenvalue weighted by Crippen LogP contribution is 2.27. The van der Waals surface area contributed by atoms with Crippen molar-refractivity contribution in [3.63, 3.8) is 0 Å². The molecule has 0 atom stereocenters. The summed E-state index contributed by atoms with van der Waals surface area (Å²) in [6.07, 6.45) is 0.515. The lowest BCUT2D eigenvalue weighted by atomic mass is 9.98. The first-order chi connectivity index (χ1) is 15.2. The van der Waals surface area contributed by atoms with Crippen LogP contribution in [0.2, 0.25) is 0 Å². The minimum Gasteiger partial charge on any atom is -0.465 e. The van der Waals surface area contributed by atoms with Crippen molar-refractivity contribution in [2.75, 3.05) is 20.2 Å². The quantitative estimate of drug-likeness (QED) is 0.348. The summed E-state index contributed by atoms with van der Waals surface area (Å²) in [7, 11) is -2.77. The highest BCUT2D eigenvalue weighted by Gasteiger charge is 2.34. The molecule has 1 heterocycles. The molecule has 11 heteroatoms. The first kappa shape index (κ1) is 23.4. The standard InChI is InChI=1S/C21H22N2O8S/c1-30-21(25)18-7-2-3-8-19(18)32(28,29)22-11-9-16(10-12-22)20(24)31-14-15-5-4-6-17(13-15)23(26)27/h2-8,13,16H,9-12,14H2,1H3. The Morgan fingerprint density at radius 2 is 1.81 bits per heavy atom. The molecule has 32 heavy (non-hydrogen) atoms. The third kappa shape index (κ3) is 5.11. The molecule has 2 aromatic rings. The summed E-state index contributed by atoms with van der Waals surface area (Å²) >= 11 is 0. The van der Waals surface area contributed by atoms with Crippen molar-refractivity contribution in [1.29, 1.82) is 0 Å². The fraction of sp³-hybridized carbons (Fsp3) is 0.333. The maximum absolute atomic E-state index is 13.0. The molecule has 170 valence electrons. The van der Waals surface area contributed by atoms with Crippen molar-refractivity contribution < 1.29 is 32.4 Å². The molecule has 0 aromatic heterocycles. The monoisotopic (exact) mass is 462 g/mol. The third-order valence-corrected chi connectivity index (χ3v) is 7.16. The zero-order chi connectivity index (χ0) is 23.3. The van der Waals surface area contributed by atoms with E-state index in [0.717, 1.165) is 0 Å². The number of carbonyl (C=O) groups excluding carboxylic acids is 2. The molecule has 3 rings (SSSR count). The van der Waals surface area contributed by atoms with Crippen molar-refractivity contribution in [2.45, 2.75) is 24.3 Å². The van der Waals surface area contributed by atoms with Crippen LogP contribution < -0.4 is 0 Å². The van der Waals surface area contributed by atoms with Crippen molar-refractivity contribution >= 4 is 27.6 Å². The minimum absolute atomic E-state index is 0.0477. The van der Waals surface area contributed by atoms with Crippen LogP contribution in [0.1, 0.15) is 28.8 Å². The molecule has 2 aromatic carbocycles. The molecule has 0 bridgehead atoms. The normalized spacial score (nSPS) is 15.2. The number of nitrogens with zero attached hydrogens (tertiary/aromatic N) is 2. The SMILES string of the molecule is COC(=O)c1ccccc1S(=O)(=O)N1CCC(C(=O)OCc2cccc([N+](=O)[O-])c2)CC1. The predicted molar refractivity (Wildman–Crippen MR) is 112 cm³/mol. The summed E-state index contributed by atoms with van der Waals surface area (Å²) in [6.45, 7) is 0.0777. The fourth-order valence-electron chi connectivity index (χ4n) is 3.47. The average Bonchev–Trinajstić information content (AvgIpc) is 2.82. The molecule has 0 radical (unpaired) electrons. The van der Waals surface area contributed by atoms with Gasteiger partial charge in [0, 0.05) is 25.2 Å². The number of methoxy groups -OCH3 is 1. The van der Waals surface area contributed by atoms with Gasteiger partial charge in [0.05, 0.1) is 28.4 Å². The first-order valence-electron chi connectivity index (χ1n) is 9.81. The maximum atomic E-state index is 13.0. The van der Waals surface area contributed by atoms with Crippen LogP contribution in [0.15, 0.2) is 53.4 Å². The molecule has 1 aliphatic rings. The highest BCUT2D eigenvalue weighted by atomic mass is 32.2. The molecular formula is C21H22N2O8S. The fourth-order valence-corrected chi connectivity index (χ4v) is 5.12. The lowest BCUT2D eigenvalue weighted by molar-refractivity contribution is -0.384. The summed E-state index contributed by atoms with van der Waals surface area (Å²) in [5.41, 5.74) is 0.352. The predicted octanol–water partition coefficient (Wildman–Crippen LogP) is 2.53. The van der Waals surface area contributed by atoms with E-state index in [1.807, 2.05) is 0 Å². The second-order valence-electron chi connectivity index (χ2n) is 7.20. The highest BCUT2D eigenvalue weighted by molar-refractivity contribution is 7.89. The van der Waals surface area contributed by atoms with Crippen LogP contribution in [0.25, 0.3) is 0 Å². The van der Waals surface area contributed by atoms with Crippen LogP contribution in [-0.4, -0.2) is 49.8 Å². The number of piperidine rings is 1. The van der Waals surface area contributed by atoms with E-state index in [2.05, 4.69) is 4.74 Å². The summed E-state index contributed by atoms with van der Waals surface area (Å²) in [5, 5.41) is 10.8. The van der Waals surface area contributed by atoms with E-state index < -0.39 is 32.8 Å². The summed E-state index contributed by atoms with van der Waals surface area (Å²) in [4.78, 5) is 34.5. The van der Waals surface area contributed by atoms with E-state index in [0.29, 0.717) is 5.56 Å². The third-order valence-electron chi connectivity index (χ3n) is 5.20. The Balaban J connectivity index is 1.61. The Bertz CT molecular complexity index is 1120. The van der Waals surface area contributed by atoms with E-state index in [-0.39, 0.29) is 48.7 Å². The second kappa shape index (κ2) is 9.88. The number of ether oxygens (including phenoxy) is 2. The zero-order valence-corrected chi connectivity index (χ0v) is 18.1. The van der Waals surface area contributed by atoms with Gasteiger partial charge in [-0.25, -0.2) is 13.2 Å². The Kier molecular flexibility index (Phi) is 7.21. The summed E-state index contributed by atoms with van der Waals surface area (Å²) in [5.74, 6) is -1.72. The molecule has 0 amide bonds. The van der Waals surface area contributed by atoms with Crippen LogP contribution in [-0.2, 0) is 30.9 Å². The zero-order valence-electron chi connectivity index (χ0n) is 17.3. The number of nitro benzene ring substituents is 1. The van der Waals surface area contributed by atoms with Crippen LogP contribution in [0.4, 0.5) is 5.69 Å². The maximum Gasteiger partial charge on any atom is 0.339 e. The van der Waals surface area contributed by atoms with Gasteiger partial charge in [0.2, 0.25) is 10.0 Å². The number of non-ortho nitro benzene ring substituents is 1. The van der Waals surface area contributed by atoms with Gasteiger partial charge < -0.3 is 9.47 Å². The van der Waals surface area contributed by atoms with Gasteiger partial charge in [-0.3, -0.25) is 14.9 Å². The van der Waals surface area contributed by atoms with Gasteiger partial charge in [-0.05, 0) is 30.5 Å². The topological polar surface area (TPSA) is 133 Å². The molecule has 0 aliphatic carbocycles. The van der Waals surface area contributed by atoms with Crippen LogP contribution in [0, 0.1) is 16.0 Å². The number of esters is 2. The van der Waals surface area contributed by atoms with Crippen LogP contribution in [0.3, 0.4) is 0 Å². The largest absolute Gasteiger partial charge is 0.465 e. The van der Waals surface area contributed by atoms with Gasteiger partial charge in [-0.1, -0.05) is 24.3 Å². The molecular weight excluding hydrogens is 440 g/mol. The number of hydrogen-bond donors (Lipinski definition) is 0. The van der Waals surface area contributed by atoms with Gasteiger partial charge >= 0.3 is 11.9 Å². The molecule has 0 N–H and O–H groups in total. The minimum atomic E-state index is -3.95. The number of rotatable bonds is 7. The molecule has 0 unspecified atom stereocenters. The summed E-state index contributed by atoms with van der Waals surface area (Å²) in [6, 6.07) is 11.6. The van der Waals surface area contributed by atoms with Crippen molar-refractivity contribution in [3.8, 4) is 0 Å². The molecule has 1 saturated heterocycles. The first-order valence-corrected chi connectivity index (χ1v) is 11.3. The van der Waals surface area contributed by atoms with Gasteiger partial charge in [0.15, 0.2) is 0 Å². The van der Waals surface area contributed by atoms with E-state index in [1.165, 1.54) is 47.8 Å². The number of nitro groups is 1. The Hall–Kier alpha value is -3.31. The van der Waals surface area contributed by atoms with Crippen LogP contribution in [0.5, 0.6) is 0 Å². The van der Waals surface area contributed by atoms with Crippen molar-refractivity contribution in [1.82, 2.24) is 4.31 Å².